The zero-order valence-electron chi connectivity index (χ0n) is 12.9. The van der Waals surface area contributed by atoms with Crippen LogP contribution in [0.5, 0.6) is 0 Å². The molecule has 0 unspecified atom stereocenters. The van der Waals surface area contributed by atoms with Crippen LogP contribution in [0.25, 0.3) is 0 Å². The average molecular weight is 307 g/mol. The molecule has 0 aliphatic carbocycles. The number of hydrogen-bond donors (Lipinski definition) is 1. The van der Waals surface area contributed by atoms with Crippen molar-refractivity contribution in [3.63, 3.8) is 0 Å². The maximum atomic E-state index is 12.1. The normalized spacial score (nSPS) is 15.5. The summed E-state index contributed by atoms with van der Waals surface area (Å²) in [5.41, 5.74) is -0.155. The average Bonchev–Trinajstić information content (AvgIpc) is 2.55. The minimum atomic E-state index is -0.350. The van der Waals surface area contributed by atoms with Crippen LogP contribution in [0, 0.1) is 5.92 Å². The first-order valence-corrected chi connectivity index (χ1v) is 7.29. The van der Waals surface area contributed by atoms with E-state index in [-0.39, 0.29) is 23.1 Å². The Hall–Kier alpha value is -2.31. The van der Waals surface area contributed by atoms with Gasteiger partial charge < -0.3 is 19.5 Å². The zero-order valence-corrected chi connectivity index (χ0v) is 12.9. The lowest BCUT2D eigenvalue weighted by molar-refractivity contribution is 0.0912. The van der Waals surface area contributed by atoms with Crippen molar-refractivity contribution in [3.05, 3.63) is 34.2 Å². The number of carbonyl (C=O) groups is 2. The van der Waals surface area contributed by atoms with E-state index in [0.717, 1.165) is 12.8 Å². The summed E-state index contributed by atoms with van der Waals surface area (Å²) in [6.07, 6.45) is 2.92. The van der Waals surface area contributed by atoms with Crippen molar-refractivity contribution >= 4 is 12.0 Å². The van der Waals surface area contributed by atoms with Crippen molar-refractivity contribution in [3.8, 4) is 0 Å². The number of hydrogen-bond acceptors (Lipinski definition) is 4. The number of pyridine rings is 1. The number of nitrogens with zero attached hydrogens (tertiary/aromatic N) is 2. The van der Waals surface area contributed by atoms with Gasteiger partial charge in [-0.2, -0.15) is 0 Å². The third-order valence-corrected chi connectivity index (χ3v) is 3.97. The number of aryl methyl sites for hydroxylation is 1. The number of carbonyl (C=O) groups excluding carboxylic acids is 2. The highest BCUT2D eigenvalue weighted by molar-refractivity contribution is 5.93. The lowest BCUT2D eigenvalue weighted by Gasteiger charge is -2.30. The third kappa shape index (κ3) is 3.66. The summed E-state index contributed by atoms with van der Waals surface area (Å²) in [7, 11) is 2.98. The van der Waals surface area contributed by atoms with Gasteiger partial charge in [-0.1, -0.05) is 0 Å². The molecule has 1 aromatic heterocycles. The molecule has 1 N–H and O–H groups in total. The van der Waals surface area contributed by atoms with Crippen LogP contribution in [0.2, 0.25) is 0 Å². The Morgan fingerprint density at radius 2 is 2.05 bits per heavy atom. The predicted octanol–water partition coefficient (Wildman–Crippen LogP) is 0.593. The van der Waals surface area contributed by atoms with Gasteiger partial charge in [-0.15, -0.1) is 0 Å². The van der Waals surface area contributed by atoms with E-state index in [1.807, 2.05) is 0 Å². The standard InChI is InChI=1S/C15H21N3O4/c1-17-7-3-4-12(14(17)20)13(19)16-10-11-5-8-18(9-6-11)15(21)22-2/h3-4,7,11H,5-6,8-10H2,1-2H3,(H,16,19). The van der Waals surface area contributed by atoms with Crippen molar-refractivity contribution < 1.29 is 14.3 Å². The van der Waals surface area contributed by atoms with Crippen LogP contribution < -0.4 is 10.9 Å². The highest BCUT2D eigenvalue weighted by atomic mass is 16.5. The first kappa shape index (κ1) is 16.1. The maximum absolute atomic E-state index is 12.1. The molecule has 22 heavy (non-hydrogen) atoms. The van der Waals surface area contributed by atoms with Crippen LogP contribution in [0.3, 0.4) is 0 Å². The van der Waals surface area contributed by atoms with Crippen molar-refractivity contribution in [1.82, 2.24) is 14.8 Å². The van der Waals surface area contributed by atoms with Gasteiger partial charge in [0, 0.05) is 32.9 Å². The van der Waals surface area contributed by atoms with E-state index in [9.17, 15) is 14.4 Å². The summed E-state index contributed by atoms with van der Waals surface area (Å²) in [6, 6.07) is 3.20. The fourth-order valence-corrected chi connectivity index (χ4v) is 2.55. The quantitative estimate of drug-likeness (QED) is 0.886. The molecule has 2 amide bonds. The molecule has 1 aliphatic heterocycles. The predicted molar refractivity (Wildman–Crippen MR) is 80.7 cm³/mol. The Balaban J connectivity index is 1.84. The fourth-order valence-electron chi connectivity index (χ4n) is 2.55. The van der Waals surface area contributed by atoms with Gasteiger partial charge in [0.1, 0.15) is 5.56 Å². The van der Waals surface area contributed by atoms with Crippen LogP contribution in [0.4, 0.5) is 4.79 Å². The van der Waals surface area contributed by atoms with Gasteiger partial charge in [0.25, 0.3) is 11.5 Å². The van der Waals surface area contributed by atoms with Crippen molar-refractivity contribution in [2.24, 2.45) is 13.0 Å². The molecule has 0 spiro atoms. The van der Waals surface area contributed by atoms with E-state index >= 15 is 0 Å². The number of piperidine rings is 1. The van der Waals surface area contributed by atoms with E-state index in [0.29, 0.717) is 25.6 Å². The minimum absolute atomic E-state index is 0.150. The lowest BCUT2D eigenvalue weighted by Crippen LogP contribution is -2.42. The Morgan fingerprint density at radius 1 is 1.36 bits per heavy atom. The number of amides is 2. The molecule has 0 bridgehead atoms. The molecule has 0 radical (unpaired) electrons. The number of ether oxygens (including phenoxy) is 1. The summed E-state index contributed by atoms with van der Waals surface area (Å²) in [5, 5.41) is 2.81. The second kappa shape index (κ2) is 7.11. The summed E-state index contributed by atoms with van der Waals surface area (Å²) in [4.78, 5) is 37.0. The summed E-state index contributed by atoms with van der Waals surface area (Å²) >= 11 is 0. The van der Waals surface area contributed by atoms with Crippen LogP contribution >= 0.6 is 0 Å². The van der Waals surface area contributed by atoms with E-state index < -0.39 is 0 Å². The largest absolute Gasteiger partial charge is 0.453 e. The molecular weight excluding hydrogens is 286 g/mol. The fraction of sp³-hybridized carbons (Fsp3) is 0.533. The summed E-state index contributed by atoms with van der Waals surface area (Å²) in [5.74, 6) is -0.0472. The molecule has 2 rings (SSSR count). The van der Waals surface area contributed by atoms with Crippen LogP contribution in [0.15, 0.2) is 23.1 Å². The molecule has 0 atom stereocenters. The maximum Gasteiger partial charge on any atom is 0.409 e. The van der Waals surface area contributed by atoms with Gasteiger partial charge >= 0.3 is 6.09 Å². The van der Waals surface area contributed by atoms with Crippen LogP contribution in [-0.4, -0.2) is 48.2 Å². The molecule has 120 valence electrons. The first-order chi connectivity index (χ1) is 10.5. The van der Waals surface area contributed by atoms with Gasteiger partial charge in [0.2, 0.25) is 0 Å². The SMILES string of the molecule is COC(=O)N1CCC(CNC(=O)c2cccn(C)c2=O)CC1. The Bertz CT molecular complexity index is 603. The second-order valence-electron chi connectivity index (χ2n) is 5.45. The van der Waals surface area contributed by atoms with Gasteiger partial charge in [0.05, 0.1) is 7.11 Å². The first-order valence-electron chi connectivity index (χ1n) is 7.29. The molecule has 1 fully saturated rings. The monoisotopic (exact) mass is 307 g/mol. The van der Waals surface area contributed by atoms with E-state index in [1.54, 1.807) is 24.2 Å². The van der Waals surface area contributed by atoms with E-state index in [1.165, 1.54) is 17.7 Å². The van der Waals surface area contributed by atoms with Gasteiger partial charge in [0.15, 0.2) is 0 Å². The highest BCUT2D eigenvalue weighted by Crippen LogP contribution is 2.16. The number of aromatic nitrogens is 1. The van der Waals surface area contributed by atoms with Crippen LogP contribution in [-0.2, 0) is 11.8 Å². The Kier molecular flexibility index (Phi) is 5.19. The van der Waals surface area contributed by atoms with Crippen molar-refractivity contribution in [2.45, 2.75) is 12.8 Å². The topological polar surface area (TPSA) is 80.6 Å². The Labute approximate surface area is 128 Å². The number of likely N-dealkylation sites (tertiary alicyclic amines) is 1. The Morgan fingerprint density at radius 3 is 2.68 bits per heavy atom. The van der Waals surface area contributed by atoms with Gasteiger partial charge in [-0.25, -0.2) is 4.79 Å². The second-order valence-corrected chi connectivity index (χ2v) is 5.45. The molecule has 1 aromatic rings. The van der Waals surface area contributed by atoms with Crippen molar-refractivity contribution in [1.29, 1.82) is 0 Å². The number of rotatable bonds is 3. The highest BCUT2D eigenvalue weighted by Gasteiger charge is 2.23. The molecule has 0 aromatic carbocycles. The minimum Gasteiger partial charge on any atom is -0.453 e. The molecule has 7 heteroatoms. The molecular formula is C15H21N3O4. The van der Waals surface area contributed by atoms with Gasteiger partial charge in [-0.05, 0) is 30.9 Å². The number of nitrogens with one attached hydrogen (secondary N) is 1. The molecule has 7 nitrogen and oxygen atoms in total. The summed E-state index contributed by atoms with van der Waals surface area (Å²) < 4.78 is 6.06. The lowest BCUT2D eigenvalue weighted by atomic mass is 9.97. The molecule has 1 aliphatic rings. The van der Waals surface area contributed by atoms with Gasteiger partial charge in [-0.3, -0.25) is 9.59 Å². The van der Waals surface area contributed by atoms with E-state index in [2.05, 4.69) is 10.1 Å². The summed E-state index contributed by atoms with van der Waals surface area (Å²) in [6.45, 7) is 1.76. The van der Waals surface area contributed by atoms with Crippen LogP contribution in [0.1, 0.15) is 23.2 Å². The smallest absolute Gasteiger partial charge is 0.409 e. The molecule has 2 heterocycles. The van der Waals surface area contributed by atoms with Crippen molar-refractivity contribution in [2.75, 3.05) is 26.7 Å². The molecule has 1 saturated heterocycles. The third-order valence-electron chi connectivity index (χ3n) is 3.97. The number of methoxy groups -OCH3 is 1. The zero-order chi connectivity index (χ0) is 16.1. The molecule has 0 saturated carbocycles. The van der Waals surface area contributed by atoms with E-state index in [4.69, 9.17) is 0 Å².